The van der Waals surface area contributed by atoms with E-state index < -0.39 is 0 Å². The van der Waals surface area contributed by atoms with Crippen LogP contribution in [0.2, 0.25) is 15.2 Å². The van der Waals surface area contributed by atoms with Gasteiger partial charge < -0.3 is 0 Å². The van der Waals surface area contributed by atoms with E-state index in [1.807, 2.05) is 12.1 Å². The van der Waals surface area contributed by atoms with Crippen molar-refractivity contribution in [1.29, 1.82) is 0 Å². The summed E-state index contributed by atoms with van der Waals surface area (Å²) in [5.74, 6) is 0.681. The summed E-state index contributed by atoms with van der Waals surface area (Å²) < 4.78 is 0. The molecule has 2 rings (SSSR count). The highest BCUT2D eigenvalue weighted by molar-refractivity contribution is 6.42. The Hall–Kier alpha value is -0.830. The van der Waals surface area contributed by atoms with Crippen LogP contribution in [0, 0.1) is 0 Å². The van der Waals surface area contributed by atoms with E-state index in [0.717, 1.165) is 11.3 Å². The molecular weight excluding hydrogens is 315 g/mol. The highest BCUT2D eigenvalue weighted by atomic mass is 35.5. The molecule has 0 amide bonds. The predicted molar refractivity (Wildman–Crippen MR) is 85.0 cm³/mol. The van der Waals surface area contributed by atoms with E-state index >= 15 is 0 Å². The molecule has 0 aliphatic heterocycles. The molecule has 2 aromatic rings. The highest BCUT2D eigenvalue weighted by Gasteiger charge is 2.17. The summed E-state index contributed by atoms with van der Waals surface area (Å²) >= 11 is 18.0. The van der Waals surface area contributed by atoms with Gasteiger partial charge in [0.25, 0.3) is 0 Å². The van der Waals surface area contributed by atoms with E-state index in [2.05, 4.69) is 30.7 Å². The number of hydrogen-bond donors (Lipinski definition) is 0. The molecule has 106 valence electrons. The average Bonchev–Trinajstić information content (AvgIpc) is 2.32. The van der Waals surface area contributed by atoms with Gasteiger partial charge in [0.1, 0.15) is 11.0 Å². The Balaban J connectivity index is 2.33. The SMILES string of the molecule is CC(C)(C)c1cc(Cl)nc(Cc2ccc(Cl)c(Cl)c2)n1. The smallest absolute Gasteiger partial charge is 0.134 e. The first-order valence-corrected chi connectivity index (χ1v) is 7.37. The molecule has 0 aliphatic rings. The van der Waals surface area contributed by atoms with Crippen LogP contribution in [0.15, 0.2) is 24.3 Å². The minimum Gasteiger partial charge on any atom is -0.237 e. The normalized spacial score (nSPS) is 11.7. The van der Waals surface area contributed by atoms with E-state index in [1.165, 1.54) is 0 Å². The molecule has 1 aromatic carbocycles. The standard InChI is InChI=1S/C15H15Cl3N2/c1-15(2,3)12-8-13(18)20-14(19-12)7-9-4-5-10(16)11(17)6-9/h4-6,8H,7H2,1-3H3. The fourth-order valence-electron chi connectivity index (χ4n) is 1.76. The van der Waals surface area contributed by atoms with E-state index in [9.17, 15) is 0 Å². The number of hydrogen-bond acceptors (Lipinski definition) is 2. The average molecular weight is 330 g/mol. The molecule has 1 aromatic heterocycles. The van der Waals surface area contributed by atoms with Crippen LogP contribution in [0.25, 0.3) is 0 Å². The summed E-state index contributed by atoms with van der Waals surface area (Å²) in [4.78, 5) is 8.85. The first kappa shape index (κ1) is 15.6. The van der Waals surface area contributed by atoms with Gasteiger partial charge in [0.2, 0.25) is 0 Å². The second kappa shape index (κ2) is 5.88. The zero-order valence-corrected chi connectivity index (χ0v) is 13.8. The van der Waals surface area contributed by atoms with Gasteiger partial charge in [-0.1, -0.05) is 61.6 Å². The molecule has 0 radical (unpaired) electrons. The van der Waals surface area contributed by atoms with Gasteiger partial charge in [0, 0.05) is 11.8 Å². The van der Waals surface area contributed by atoms with Crippen molar-refractivity contribution in [3.63, 3.8) is 0 Å². The third-order valence-corrected chi connectivity index (χ3v) is 3.79. The summed E-state index contributed by atoms with van der Waals surface area (Å²) in [7, 11) is 0. The fraction of sp³-hybridized carbons (Fsp3) is 0.333. The van der Waals surface area contributed by atoms with Crippen molar-refractivity contribution >= 4 is 34.8 Å². The molecule has 0 atom stereocenters. The topological polar surface area (TPSA) is 25.8 Å². The highest BCUT2D eigenvalue weighted by Crippen LogP contribution is 2.25. The monoisotopic (exact) mass is 328 g/mol. The quantitative estimate of drug-likeness (QED) is 0.696. The maximum absolute atomic E-state index is 6.08. The number of nitrogens with zero attached hydrogens (tertiary/aromatic N) is 2. The van der Waals surface area contributed by atoms with Gasteiger partial charge in [-0.05, 0) is 23.8 Å². The Morgan fingerprint density at radius 1 is 0.950 bits per heavy atom. The van der Waals surface area contributed by atoms with Crippen molar-refractivity contribution in [3.05, 3.63) is 56.5 Å². The molecule has 1 heterocycles. The van der Waals surface area contributed by atoms with Crippen molar-refractivity contribution in [2.75, 3.05) is 0 Å². The second-order valence-electron chi connectivity index (χ2n) is 5.67. The zero-order valence-electron chi connectivity index (χ0n) is 11.5. The van der Waals surface area contributed by atoms with Crippen molar-refractivity contribution in [2.45, 2.75) is 32.6 Å². The summed E-state index contributed by atoms with van der Waals surface area (Å²) in [6, 6.07) is 7.31. The largest absolute Gasteiger partial charge is 0.237 e. The van der Waals surface area contributed by atoms with Crippen LogP contribution in [0.5, 0.6) is 0 Å². The lowest BCUT2D eigenvalue weighted by Crippen LogP contribution is -2.15. The minimum absolute atomic E-state index is 0.0705. The van der Waals surface area contributed by atoms with Crippen LogP contribution in [-0.2, 0) is 11.8 Å². The molecule has 0 aliphatic carbocycles. The first-order valence-electron chi connectivity index (χ1n) is 6.23. The van der Waals surface area contributed by atoms with Crippen molar-refractivity contribution in [3.8, 4) is 0 Å². The van der Waals surface area contributed by atoms with Crippen LogP contribution in [0.1, 0.15) is 37.9 Å². The number of halogens is 3. The van der Waals surface area contributed by atoms with Crippen molar-refractivity contribution < 1.29 is 0 Å². The third kappa shape index (κ3) is 3.85. The lowest BCUT2D eigenvalue weighted by Gasteiger charge is -2.18. The summed E-state index contributed by atoms with van der Waals surface area (Å²) in [6.07, 6.45) is 0.570. The lowest BCUT2D eigenvalue weighted by atomic mass is 9.92. The van der Waals surface area contributed by atoms with Gasteiger partial charge in [0.05, 0.1) is 15.7 Å². The Labute approximate surface area is 134 Å². The summed E-state index contributed by atoms with van der Waals surface area (Å²) in [5.41, 5.74) is 1.85. The predicted octanol–water partition coefficient (Wildman–Crippen LogP) is 5.33. The van der Waals surface area contributed by atoms with Gasteiger partial charge in [-0.2, -0.15) is 0 Å². The first-order chi connectivity index (χ1) is 9.25. The number of aromatic nitrogens is 2. The van der Waals surface area contributed by atoms with Gasteiger partial charge in [-0.3, -0.25) is 0 Å². The summed E-state index contributed by atoms with van der Waals surface area (Å²) in [5, 5.41) is 1.53. The van der Waals surface area contributed by atoms with Crippen LogP contribution >= 0.6 is 34.8 Å². The van der Waals surface area contributed by atoms with Crippen LogP contribution in [0.3, 0.4) is 0 Å². The van der Waals surface area contributed by atoms with Gasteiger partial charge in [-0.15, -0.1) is 0 Å². The van der Waals surface area contributed by atoms with Gasteiger partial charge in [0.15, 0.2) is 0 Å². The molecule has 0 spiro atoms. The molecule has 0 unspecified atom stereocenters. The molecule has 20 heavy (non-hydrogen) atoms. The second-order valence-corrected chi connectivity index (χ2v) is 6.87. The van der Waals surface area contributed by atoms with E-state index in [-0.39, 0.29) is 5.41 Å². The third-order valence-electron chi connectivity index (χ3n) is 2.86. The Bertz CT molecular complexity index is 634. The van der Waals surface area contributed by atoms with E-state index in [1.54, 1.807) is 12.1 Å². The Morgan fingerprint density at radius 2 is 1.65 bits per heavy atom. The molecule has 2 nitrogen and oxygen atoms in total. The van der Waals surface area contributed by atoms with Gasteiger partial charge in [-0.25, -0.2) is 9.97 Å². The fourth-order valence-corrected chi connectivity index (χ4v) is 2.28. The Morgan fingerprint density at radius 3 is 2.25 bits per heavy atom. The molecule has 0 N–H and O–H groups in total. The van der Waals surface area contributed by atoms with Crippen molar-refractivity contribution in [1.82, 2.24) is 9.97 Å². The molecule has 0 saturated heterocycles. The molecular formula is C15H15Cl3N2. The molecule has 0 fully saturated rings. The van der Waals surface area contributed by atoms with Crippen LogP contribution in [-0.4, -0.2) is 9.97 Å². The zero-order chi connectivity index (χ0) is 14.9. The van der Waals surface area contributed by atoms with Crippen LogP contribution < -0.4 is 0 Å². The maximum atomic E-state index is 6.08. The number of benzene rings is 1. The van der Waals surface area contributed by atoms with Crippen LogP contribution in [0.4, 0.5) is 0 Å². The number of rotatable bonds is 2. The van der Waals surface area contributed by atoms with E-state index in [4.69, 9.17) is 34.8 Å². The summed E-state index contributed by atoms with van der Waals surface area (Å²) in [6.45, 7) is 6.28. The minimum atomic E-state index is -0.0705. The molecule has 0 saturated carbocycles. The molecule has 0 bridgehead atoms. The van der Waals surface area contributed by atoms with Gasteiger partial charge >= 0.3 is 0 Å². The van der Waals surface area contributed by atoms with E-state index in [0.29, 0.717) is 27.4 Å². The van der Waals surface area contributed by atoms with Crippen molar-refractivity contribution in [2.24, 2.45) is 0 Å². The Kier molecular flexibility index (Phi) is 4.58. The maximum Gasteiger partial charge on any atom is 0.134 e. The lowest BCUT2D eigenvalue weighted by molar-refractivity contribution is 0.563. The molecule has 5 heteroatoms.